The molecule has 0 saturated carbocycles. The van der Waals surface area contributed by atoms with Crippen LogP contribution in [0.25, 0.3) is 0 Å². The minimum Gasteiger partial charge on any atom is -0.482 e. The first-order valence-corrected chi connectivity index (χ1v) is 10.1. The number of piperidine rings is 1. The van der Waals surface area contributed by atoms with Crippen molar-refractivity contribution in [2.75, 3.05) is 13.1 Å². The minimum atomic E-state index is -4.65. The van der Waals surface area contributed by atoms with Gasteiger partial charge in [0, 0.05) is 25.7 Å². The van der Waals surface area contributed by atoms with Crippen LogP contribution in [0.5, 0.6) is 11.5 Å². The molecule has 1 fully saturated rings. The predicted molar refractivity (Wildman–Crippen MR) is 104 cm³/mol. The standard InChI is InChI=1S/C21H22F3N3O4/c1-13-19(31-16-5-3-2-4-15(16)30-13)20(29)26-8-6-14(7-9-26)11-27-12-25-17(10-18(27)28)21(22,23)24/h2-5,10,12-14,19H,6-9,11H2,1H3. The van der Waals surface area contributed by atoms with Crippen molar-refractivity contribution in [3.05, 3.63) is 52.7 Å². The zero-order valence-corrected chi connectivity index (χ0v) is 16.8. The monoisotopic (exact) mass is 437 g/mol. The number of halogens is 3. The summed E-state index contributed by atoms with van der Waals surface area (Å²) in [7, 11) is 0. The number of alkyl halides is 3. The number of carbonyl (C=O) groups is 1. The molecule has 0 radical (unpaired) electrons. The number of hydrogen-bond donors (Lipinski definition) is 0. The van der Waals surface area contributed by atoms with E-state index in [4.69, 9.17) is 9.47 Å². The Morgan fingerprint density at radius 2 is 1.81 bits per heavy atom. The fraction of sp³-hybridized carbons (Fsp3) is 0.476. The molecule has 166 valence electrons. The summed E-state index contributed by atoms with van der Waals surface area (Å²) in [4.78, 5) is 30.0. The van der Waals surface area contributed by atoms with E-state index in [9.17, 15) is 22.8 Å². The SMILES string of the molecule is CC1Oc2ccccc2OC1C(=O)N1CCC(Cn2cnc(C(F)(F)F)cc2=O)CC1. The highest BCUT2D eigenvalue weighted by molar-refractivity contribution is 5.82. The molecule has 1 aromatic heterocycles. The summed E-state index contributed by atoms with van der Waals surface area (Å²) in [5, 5.41) is 0. The number of carbonyl (C=O) groups excluding carboxylic acids is 1. The van der Waals surface area contributed by atoms with E-state index >= 15 is 0 Å². The van der Waals surface area contributed by atoms with Gasteiger partial charge in [0.05, 0.1) is 6.33 Å². The van der Waals surface area contributed by atoms with E-state index in [1.165, 1.54) is 4.57 Å². The normalized spacial score (nSPS) is 21.7. The molecular weight excluding hydrogens is 415 g/mol. The number of rotatable bonds is 3. The maximum Gasteiger partial charge on any atom is 0.433 e. The molecule has 0 N–H and O–H groups in total. The van der Waals surface area contributed by atoms with Gasteiger partial charge in [0.15, 0.2) is 17.2 Å². The molecule has 2 aliphatic heterocycles. The average molecular weight is 437 g/mol. The number of ether oxygens (including phenoxy) is 2. The van der Waals surface area contributed by atoms with E-state index in [0.29, 0.717) is 43.5 Å². The Morgan fingerprint density at radius 1 is 1.16 bits per heavy atom. The molecule has 0 spiro atoms. The highest BCUT2D eigenvalue weighted by Gasteiger charge is 2.38. The van der Waals surface area contributed by atoms with Gasteiger partial charge in [-0.05, 0) is 37.8 Å². The largest absolute Gasteiger partial charge is 0.482 e. The predicted octanol–water partition coefficient (Wildman–Crippen LogP) is 2.73. The van der Waals surface area contributed by atoms with Crippen molar-refractivity contribution in [3.63, 3.8) is 0 Å². The number of fused-ring (bicyclic) bond motifs is 1. The van der Waals surface area contributed by atoms with Gasteiger partial charge < -0.3 is 14.4 Å². The maximum absolute atomic E-state index is 13.0. The fourth-order valence-electron chi connectivity index (χ4n) is 3.90. The topological polar surface area (TPSA) is 73.7 Å². The van der Waals surface area contributed by atoms with Gasteiger partial charge in [0.2, 0.25) is 6.10 Å². The second-order valence-electron chi connectivity index (χ2n) is 7.84. The summed E-state index contributed by atoms with van der Waals surface area (Å²) in [5.74, 6) is 1.03. The summed E-state index contributed by atoms with van der Waals surface area (Å²) in [6.07, 6.45) is -3.64. The second kappa shape index (κ2) is 8.24. The van der Waals surface area contributed by atoms with Crippen molar-refractivity contribution in [1.82, 2.24) is 14.5 Å². The van der Waals surface area contributed by atoms with Crippen LogP contribution >= 0.6 is 0 Å². The van der Waals surface area contributed by atoms with Gasteiger partial charge in [0.1, 0.15) is 6.10 Å². The van der Waals surface area contributed by atoms with Crippen molar-refractivity contribution < 1.29 is 27.4 Å². The average Bonchev–Trinajstić information content (AvgIpc) is 2.74. The van der Waals surface area contributed by atoms with E-state index in [-0.39, 0.29) is 18.4 Å². The Hall–Kier alpha value is -3.04. The van der Waals surface area contributed by atoms with Crippen LogP contribution in [0.2, 0.25) is 0 Å². The lowest BCUT2D eigenvalue weighted by atomic mass is 9.96. The third-order valence-corrected chi connectivity index (χ3v) is 5.64. The number of para-hydroxylation sites is 2. The van der Waals surface area contributed by atoms with E-state index in [1.807, 2.05) is 12.1 Å². The number of benzene rings is 1. The Morgan fingerprint density at radius 3 is 2.42 bits per heavy atom. The molecule has 2 aromatic rings. The quantitative estimate of drug-likeness (QED) is 0.738. The van der Waals surface area contributed by atoms with Gasteiger partial charge in [-0.1, -0.05) is 12.1 Å². The Kier molecular flexibility index (Phi) is 5.63. The highest BCUT2D eigenvalue weighted by atomic mass is 19.4. The lowest BCUT2D eigenvalue weighted by Gasteiger charge is -2.37. The Balaban J connectivity index is 1.35. The summed E-state index contributed by atoms with van der Waals surface area (Å²) in [5.41, 5.74) is -1.93. The van der Waals surface area contributed by atoms with Gasteiger partial charge in [-0.3, -0.25) is 14.2 Å². The third kappa shape index (κ3) is 4.52. The first kappa shape index (κ1) is 21.2. The lowest BCUT2D eigenvalue weighted by molar-refractivity contribution is -0.145. The van der Waals surface area contributed by atoms with Crippen LogP contribution in [0.15, 0.2) is 41.5 Å². The molecule has 1 amide bonds. The molecule has 0 aliphatic carbocycles. The van der Waals surface area contributed by atoms with Crippen molar-refractivity contribution in [3.8, 4) is 11.5 Å². The van der Waals surface area contributed by atoms with Crippen molar-refractivity contribution in [1.29, 1.82) is 0 Å². The number of aromatic nitrogens is 2. The maximum atomic E-state index is 13.0. The van der Waals surface area contributed by atoms with Crippen LogP contribution < -0.4 is 15.0 Å². The molecule has 7 nitrogen and oxygen atoms in total. The van der Waals surface area contributed by atoms with Crippen LogP contribution in [0, 0.1) is 5.92 Å². The molecule has 2 atom stereocenters. The molecule has 2 unspecified atom stereocenters. The number of amides is 1. The van der Waals surface area contributed by atoms with E-state index in [2.05, 4.69) is 4.98 Å². The first-order valence-electron chi connectivity index (χ1n) is 10.1. The molecule has 2 aliphatic rings. The molecular formula is C21H22F3N3O4. The molecule has 1 saturated heterocycles. The summed E-state index contributed by atoms with van der Waals surface area (Å²) >= 11 is 0. The molecule has 1 aromatic carbocycles. The third-order valence-electron chi connectivity index (χ3n) is 5.64. The van der Waals surface area contributed by atoms with Crippen LogP contribution in [-0.4, -0.2) is 45.7 Å². The van der Waals surface area contributed by atoms with Crippen LogP contribution in [-0.2, 0) is 17.5 Å². The van der Waals surface area contributed by atoms with Crippen LogP contribution in [0.4, 0.5) is 13.2 Å². The smallest absolute Gasteiger partial charge is 0.433 e. The molecule has 0 bridgehead atoms. The summed E-state index contributed by atoms with van der Waals surface area (Å²) in [6, 6.07) is 7.69. The van der Waals surface area contributed by atoms with Gasteiger partial charge in [-0.25, -0.2) is 4.98 Å². The molecule has 3 heterocycles. The Labute approximate surface area is 176 Å². The number of likely N-dealkylation sites (tertiary alicyclic amines) is 1. The zero-order valence-electron chi connectivity index (χ0n) is 16.8. The van der Waals surface area contributed by atoms with E-state index < -0.39 is 29.6 Å². The molecule has 10 heteroatoms. The Bertz CT molecular complexity index is 1020. The van der Waals surface area contributed by atoms with Gasteiger partial charge >= 0.3 is 6.18 Å². The molecule has 31 heavy (non-hydrogen) atoms. The zero-order chi connectivity index (χ0) is 22.2. The minimum absolute atomic E-state index is 0.0574. The fourth-order valence-corrected chi connectivity index (χ4v) is 3.90. The first-order chi connectivity index (χ1) is 14.7. The van der Waals surface area contributed by atoms with Gasteiger partial charge in [-0.2, -0.15) is 13.2 Å². The van der Waals surface area contributed by atoms with Gasteiger partial charge in [-0.15, -0.1) is 0 Å². The lowest BCUT2D eigenvalue weighted by Crippen LogP contribution is -2.52. The second-order valence-corrected chi connectivity index (χ2v) is 7.84. The van der Waals surface area contributed by atoms with Crippen molar-refractivity contribution >= 4 is 5.91 Å². The summed E-state index contributed by atoms with van der Waals surface area (Å²) < 4.78 is 50.9. The van der Waals surface area contributed by atoms with Crippen molar-refractivity contribution in [2.45, 2.75) is 44.7 Å². The van der Waals surface area contributed by atoms with Gasteiger partial charge in [0.25, 0.3) is 11.5 Å². The van der Waals surface area contributed by atoms with Crippen LogP contribution in [0.1, 0.15) is 25.5 Å². The number of hydrogen-bond acceptors (Lipinski definition) is 5. The summed E-state index contributed by atoms with van der Waals surface area (Å²) in [6.45, 7) is 3.00. The number of nitrogens with zero attached hydrogens (tertiary/aromatic N) is 3. The highest BCUT2D eigenvalue weighted by Crippen LogP contribution is 2.34. The van der Waals surface area contributed by atoms with E-state index in [0.717, 1.165) is 6.33 Å². The van der Waals surface area contributed by atoms with E-state index in [1.54, 1.807) is 24.0 Å². The molecule has 4 rings (SSSR count). The van der Waals surface area contributed by atoms with Crippen LogP contribution in [0.3, 0.4) is 0 Å². The van der Waals surface area contributed by atoms with Crippen molar-refractivity contribution in [2.24, 2.45) is 5.92 Å².